The van der Waals surface area contributed by atoms with Crippen molar-refractivity contribution in [1.82, 2.24) is 10.5 Å². The van der Waals surface area contributed by atoms with Gasteiger partial charge in [0.05, 0.1) is 19.0 Å². The van der Waals surface area contributed by atoms with Crippen LogP contribution in [0.5, 0.6) is 5.75 Å². The minimum absolute atomic E-state index is 0.0853. The SMILES string of the molecule is COc1cccc2cc(C(=O)Nc3cccc(C4=CC5=CNON5C=C4)c3)c(=O)oc12. The molecule has 0 atom stereocenters. The van der Waals surface area contributed by atoms with Crippen LogP contribution in [-0.2, 0) is 4.94 Å². The number of hydrogen-bond donors (Lipinski definition) is 2. The molecule has 2 aromatic carbocycles. The Morgan fingerprint density at radius 2 is 2.03 bits per heavy atom. The first-order valence-corrected chi connectivity index (χ1v) is 9.47. The first-order chi connectivity index (χ1) is 15.1. The van der Waals surface area contributed by atoms with Crippen LogP contribution in [0.2, 0.25) is 0 Å². The zero-order chi connectivity index (χ0) is 21.4. The highest BCUT2D eigenvalue weighted by Crippen LogP contribution is 2.28. The van der Waals surface area contributed by atoms with Gasteiger partial charge in [0.15, 0.2) is 11.3 Å². The number of rotatable bonds is 4. The molecule has 2 aliphatic heterocycles. The van der Waals surface area contributed by atoms with E-state index in [0.717, 1.165) is 16.8 Å². The van der Waals surface area contributed by atoms with Crippen LogP contribution in [-0.4, -0.2) is 18.1 Å². The third-order valence-corrected chi connectivity index (χ3v) is 4.95. The molecule has 0 unspecified atom stereocenters. The average Bonchev–Trinajstić information content (AvgIpc) is 3.26. The summed E-state index contributed by atoms with van der Waals surface area (Å²) < 4.78 is 10.6. The number of hydroxylamine groups is 3. The summed E-state index contributed by atoms with van der Waals surface area (Å²) in [5, 5.41) is 4.97. The Bertz CT molecular complexity index is 1350. The summed E-state index contributed by atoms with van der Waals surface area (Å²) in [6.07, 6.45) is 7.38. The Kier molecular flexibility index (Phi) is 4.53. The Labute approximate surface area is 176 Å². The maximum absolute atomic E-state index is 12.8. The highest BCUT2D eigenvalue weighted by molar-refractivity contribution is 6.05. The molecule has 0 spiro atoms. The maximum atomic E-state index is 12.8. The molecule has 0 bridgehead atoms. The van der Waals surface area contributed by atoms with Gasteiger partial charge in [0.2, 0.25) is 0 Å². The molecular weight excluding hydrogens is 398 g/mol. The van der Waals surface area contributed by atoms with Crippen LogP contribution in [0.3, 0.4) is 0 Å². The summed E-state index contributed by atoms with van der Waals surface area (Å²) in [4.78, 5) is 30.4. The number of benzene rings is 2. The summed E-state index contributed by atoms with van der Waals surface area (Å²) in [5.41, 5.74) is 5.43. The van der Waals surface area contributed by atoms with Gasteiger partial charge in [-0.2, -0.15) is 4.94 Å². The van der Waals surface area contributed by atoms with Crippen LogP contribution < -0.4 is 21.2 Å². The van der Waals surface area contributed by atoms with Crippen molar-refractivity contribution in [2.75, 3.05) is 12.4 Å². The van der Waals surface area contributed by atoms with Gasteiger partial charge in [-0.15, -0.1) is 0 Å². The van der Waals surface area contributed by atoms with E-state index in [0.29, 0.717) is 22.4 Å². The number of methoxy groups -OCH3 is 1. The molecule has 31 heavy (non-hydrogen) atoms. The molecule has 3 aromatic rings. The van der Waals surface area contributed by atoms with E-state index in [1.54, 1.807) is 41.7 Å². The molecule has 0 fully saturated rings. The summed E-state index contributed by atoms with van der Waals surface area (Å²) >= 11 is 0. The number of fused-ring (bicyclic) bond motifs is 2. The lowest BCUT2D eigenvalue weighted by molar-refractivity contribution is -0.112. The van der Waals surface area contributed by atoms with Crippen LogP contribution in [0, 0.1) is 0 Å². The number of hydrogen-bond acceptors (Lipinski definition) is 7. The lowest BCUT2D eigenvalue weighted by atomic mass is 10.0. The van der Waals surface area contributed by atoms with Crippen molar-refractivity contribution in [3.63, 3.8) is 0 Å². The summed E-state index contributed by atoms with van der Waals surface area (Å²) in [6.45, 7) is 0. The van der Waals surface area contributed by atoms with Crippen LogP contribution in [0.25, 0.3) is 16.5 Å². The fraction of sp³-hybridized carbons (Fsp3) is 0.0435. The lowest BCUT2D eigenvalue weighted by Crippen LogP contribution is -2.20. The van der Waals surface area contributed by atoms with Crippen molar-refractivity contribution >= 4 is 28.1 Å². The van der Waals surface area contributed by atoms with Gasteiger partial charge in [-0.1, -0.05) is 24.3 Å². The molecule has 1 amide bonds. The van der Waals surface area contributed by atoms with Gasteiger partial charge in [0, 0.05) is 17.3 Å². The first kappa shape index (κ1) is 18.7. The summed E-state index contributed by atoms with van der Waals surface area (Å²) in [7, 11) is 1.49. The molecule has 3 heterocycles. The first-order valence-electron chi connectivity index (χ1n) is 9.47. The van der Waals surface area contributed by atoms with Crippen molar-refractivity contribution in [3.8, 4) is 5.75 Å². The second-order valence-corrected chi connectivity index (χ2v) is 6.88. The number of nitrogens with one attached hydrogen (secondary N) is 2. The second-order valence-electron chi connectivity index (χ2n) is 6.88. The molecule has 0 aliphatic carbocycles. The minimum atomic E-state index is -0.732. The van der Waals surface area contributed by atoms with Crippen LogP contribution in [0.15, 0.2) is 88.0 Å². The fourth-order valence-corrected chi connectivity index (χ4v) is 3.43. The Morgan fingerprint density at radius 3 is 2.90 bits per heavy atom. The van der Waals surface area contributed by atoms with E-state index >= 15 is 0 Å². The molecule has 5 rings (SSSR count). The quantitative estimate of drug-likeness (QED) is 0.630. The average molecular weight is 415 g/mol. The number of amides is 1. The maximum Gasteiger partial charge on any atom is 0.349 e. The van der Waals surface area contributed by atoms with Gasteiger partial charge in [-0.3, -0.25) is 4.79 Å². The van der Waals surface area contributed by atoms with Crippen molar-refractivity contribution in [3.05, 3.63) is 100 Å². The standard InChI is InChI=1S/C23H17N3O5/c1-29-20-7-3-5-16-12-19(23(28)30-21(16)20)22(27)25-17-6-2-4-14(10-17)15-8-9-26-18(11-15)13-24-31-26/h2-13,24H,1H3,(H,25,27). The van der Waals surface area contributed by atoms with E-state index in [2.05, 4.69) is 10.8 Å². The second kappa shape index (κ2) is 7.51. The molecule has 8 heteroatoms. The van der Waals surface area contributed by atoms with Crippen molar-refractivity contribution in [2.45, 2.75) is 0 Å². The zero-order valence-corrected chi connectivity index (χ0v) is 16.4. The molecule has 8 nitrogen and oxygen atoms in total. The zero-order valence-electron chi connectivity index (χ0n) is 16.4. The number of carbonyl (C=O) groups is 1. The largest absolute Gasteiger partial charge is 0.493 e. The smallest absolute Gasteiger partial charge is 0.349 e. The van der Waals surface area contributed by atoms with Crippen molar-refractivity contribution < 1.29 is 18.9 Å². The van der Waals surface area contributed by atoms with E-state index in [4.69, 9.17) is 14.1 Å². The third-order valence-electron chi connectivity index (χ3n) is 4.95. The number of nitrogens with zero attached hydrogens (tertiary/aromatic N) is 1. The van der Waals surface area contributed by atoms with Crippen molar-refractivity contribution in [2.24, 2.45) is 0 Å². The Balaban J connectivity index is 1.43. The summed E-state index contributed by atoms with van der Waals surface area (Å²) in [5.74, 6) is -0.120. The van der Waals surface area contributed by atoms with Crippen LogP contribution in [0.4, 0.5) is 5.69 Å². The van der Waals surface area contributed by atoms with Gasteiger partial charge in [-0.25, -0.2) is 15.3 Å². The third kappa shape index (κ3) is 3.45. The van der Waals surface area contributed by atoms with Crippen molar-refractivity contribution in [1.29, 1.82) is 0 Å². The highest BCUT2D eigenvalue weighted by Gasteiger charge is 2.18. The fourth-order valence-electron chi connectivity index (χ4n) is 3.43. The van der Waals surface area contributed by atoms with E-state index in [1.165, 1.54) is 13.2 Å². The highest BCUT2D eigenvalue weighted by atomic mass is 16.8. The lowest BCUT2D eigenvalue weighted by Gasteiger charge is -2.17. The number of para-hydroxylation sites is 1. The van der Waals surface area contributed by atoms with E-state index in [9.17, 15) is 9.59 Å². The van der Waals surface area contributed by atoms with Gasteiger partial charge >= 0.3 is 5.63 Å². The molecule has 0 saturated carbocycles. The predicted octanol–water partition coefficient (Wildman–Crippen LogP) is 3.56. The molecular formula is C23H17N3O5. The monoisotopic (exact) mass is 415 g/mol. The number of anilines is 1. The predicted molar refractivity (Wildman–Crippen MR) is 115 cm³/mol. The minimum Gasteiger partial charge on any atom is -0.493 e. The molecule has 2 aliphatic rings. The van der Waals surface area contributed by atoms with Crippen LogP contribution >= 0.6 is 0 Å². The van der Waals surface area contributed by atoms with E-state index < -0.39 is 11.5 Å². The van der Waals surface area contributed by atoms with E-state index in [-0.39, 0.29) is 5.56 Å². The summed E-state index contributed by atoms with van der Waals surface area (Å²) in [6, 6.07) is 14.1. The van der Waals surface area contributed by atoms with Gasteiger partial charge in [0.1, 0.15) is 5.56 Å². The molecule has 1 aromatic heterocycles. The molecule has 2 N–H and O–H groups in total. The molecule has 0 radical (unpaired) electrons. The van der Waals surface area contributed by atoms with Gasteiger partial charge < -0.3 is 14.5 Å². The van der Waals surface area contributed by atoms with Gasteiger partial charge in [-0.05, 0) is 47.6 Å². The topological polar surface area (TPSA) is 93.0 Å². The molecule has 154 valence electrons. The number of ether oxygens (including phenoxy) is 1. The van der Waals surface area contributed by atoms with Gasteiger partial charge in [0.25, 0.3) is 5.91 Å². The molecule has 0 saturated heterocycles. The normalized spacial score (nSPS) is 14.5. The number of allylic oxidation sites excluding steroid dienone is 3. The Morgan fingerprint density at radius 1 is 1.16 bits per heavy atom. The Hall–Kier alpha value is -4.30. The number of carbonyl (C=O) groups excluding carboxylic acids is 1. The van der Waals surface area contributed by atoms with E-state index in [1.807, 2.05) is 30.4 Å². The van der Waals surface area contributed by atoms with Crippen LogP contribution in [0.1, 0.15) is 15.9 Å².